The number of carbonyl (C=O) groups excluding carboxylic acids is 2. The average molecular weight is 276 g/mol. The smallest absolute Gasteiger partial charge is 0.234 e. The molecule has 3 aliphatic rings. The first-order valence-electron chi connectivity index (χ1n) is 7.98. The van der Waals surface area contributed by atoms with E-state index in [4.69, 9.17) is 0 Å². The molecule has 4 heteroatoms. The van der Waals surface area contributed by atoms with E-state index < -0.39 is 0 Å². The molecule has 1 N–H and O–H groups in total. The molecule has 2 fully saturated rings. The van der Waals surface area contributed by atoms with E-state index in [9.17, 15) is 9.59 Å². The highest BCUT2D eigenvalue weighted by molar-refractivity contribution is 6.06. The Bertz CT molecular complexity index is 402. The Labute approximate surface area is 120 Å². The molecule has 1 heterocycles. The standard InChI is InChI=1S/C16H24N2O2/c1-2-3-4-5-8-17-10-18-15(19)13-11-6-7-12(9-11)14(13)16(18)20/h6-7,11-14,17H,2-5,8-10H2,1H3. The Morgan fingerprint density at radius 2 is 1.75 bits per heavy atom. The summed E-state index contributed by atoms with van der Waals surface area (Å²) in [5.74, 6) is 0.626. The van der Waals surface area contributed by atoms with Crippen molar-refractivity contribution >= 4 is 11.8 Å². The zero-order valence-electron chi connectivity index (χ0n) is 12.2. The van der Waals surface area contributed by atoms with Gasteiger partial charge in [-0.15, -0.1) is 0 Å². The summed E-state index contributed by atoms with van der Waals surface area (Å²) in [6.07, 6.45) is 10.1. The number of rotatable bonds is 7. The minimum atomic E-state index is -0.0561. The summed E-state index contributed by atoms with van der Waals surface area (Å²) in [5, 5.41) is 3.25. The Morgan fingerprint density at radius 1 is 1.10 bits per heavy atom. The van der Waals surface area contributed by atoms with Crippen LogP contribution in [0.2, 0.25) is 0 Å². The molecule has 2 amide bonds. The maximum atomic E-state index is 12.4. The quantitative estimate of drug-likeness (QED) is 0.439. The van der Waals surface area contributed by atoms with Crippen LogP contribution >= 0.6 is 0 Å². The van der Waals surface area contributed by atoms with Gasteiger partial charge in [0, 0.05) is 0 Å². The molecule has 1 aliphatic heterocycles. The number of amides is 2. The number of hydrogen-bond donors (Lipinski definition) is 1. The topological polar surface area (TPSA) is 49.4 Å². The van der Waals surface area contributed by atoms with Gasteiger partial charge in [0.1, 0.15) is 0 Å². The normalized spacial score (nSPS) is 34.4. The van der Waals surface area contributed by atoms with Crippen molar-refractivity contribution in [3.63, 3.8) is 0 Å². The van der Waals surface area contributed by atoms with Crippen LogP contribution in [-0.2, 0) is 9.59 Å². The lowest BCUT2D eigenvalue weighted by Gasteiger charge is -2.17. The van der Waals surface area contributed by atoms with Crippen molar-refractivity contribution in [2.24, 2.45) is 23.7 Å². The van der Waals surface area contributed by atoms with E-state index in [1.807, 2.05) is 0 Å². The lowest BCUT2D eigenvalue weighted by atomic mass is 9.85. The Balaban J connectivity index is 1.49. The predicted octanol–water partition coefficient (Wildman–Crippen LogP) is 1.92. The van der Waals surface area contributed by atoms with Crippen LogP contribution in [0, 0.1) is 23.7 Å². The van der Waals surface area contributed by atoms with Gasteiger partial charge in [0.05, 0.1) is 18.5 Å². The van der Waals surface area contributed by atoms with Gasteiger partial charge in [-0.3, -0.25) is 19.8 Å². The number of hydrogen-bond acceptors (Lipinski definition) is 3. The molecular formula is C16H24N2O2. The highest BCUT2D eigenvalue weighted by Gasteiger charge is 2.58. The molecule has 0 spiro atoms. The molecule has 4 atom stereocenters. The van der Waals surface area contributed by atoms with Gasteiger partial charge in [-0.2, -0.15) is 0 Å². The van der Waals surface area contributed by atoms with Crippen molar-refractivity contribution in [2.75, 3.05) is 13.2 Å². The third kappa shape index (κ3) is 2.20. The number of carbonyl (C=O) groups is 2. The monoisotopic (exact) mass is 276 g/mol. The number of likely N-dealkylation sites (tertiary alicyclic amines) is 1. The molecule has 2 aliphatic carbocycles. The minimum absolute atomic E-state index is 0.0536. The fraction of sp³-hybridized carbons (Fsp3) is 0.750. The number of allylic oxidation sites excluding steroid dienone is 2. The molecule has 4 nitrogen and oxygen atoms in total. The number of unbranched alkanes of at least 4 members (excludes halogenated alkanes) is 3. The van der Waals surface area contributed by atoms with E-state index >= 15 is 0 Å². The molecule has 1 saturated heterocycles. The Morgan fingerprint density at radius 3 is 2.35 bits per heavy atom. The van der Waals surface area contributed by atoms with Crippen LogP contribution < -0.4 is 5.32 Å². The van der Waals surface area contributed by atoms with Crippen LogP contribution in [0.15, 0.2) is 12.2 Å². The van der Waals surface area contributed by atoms with E-state index in [1.54, 1.807) is 0 Å². The van der Waals surface area contributed by atoms with E-state index in [2.05, 4.69) is 24.4 Å². The van der Waals surface area contributed by atoms with Crippen molar-refractivity contribution in [1.82, 2.24) is 10.2 Å². The second-order valence-corrected chi connectivity index (χ2v) is 6.32. The summed E-state index contributed by atoms with van der Waals surface area (Å²) in [6, 6.07) is 0. The van der Waals surface area contributed by atoms with Gasteiger partial charge >= 0.3 is 0 Å². The molecular weight excluding hydrogens is 252 g/mol. The average Bonchev–Trinajstić information content (AvgIpc) is 3.11. The van der Waals surface area contributed by atoms with Gasteiger partial charge in [0.25, 0.3) is 0 Å². The number of imide groups is 1. The van der Waals surface area contributed by atoms with Crippen molar-refractivity contribution in [2.45, 2.75) is 39.0 Å². The van der Waals surface area contributed by atoms with Crippen LogP contribution in [0.25, 0.3) is 0 Å². The molecule has 4 unspecified atom stereocenters. The number of nitrogens with zero attached hydrogens (tertiary/aromatic N) is 1. The lowest BCUT2D eigenvalue weighted by molar-refractivity contribution is -0.141. The molecule has 20 heavy (non-hydrogen) atoms. The van der Waals surface area contributed by atoms with Gasteiger partial charge in [0.15, 0.2) is 0 Å². The number of fused-ring (bicyclic) bond motifs is 5. The first-order chi connectivity index (χ1) is 9.74. The van der Waals surface area contributed by atoms with Crippen molar-refractivity contribution in [3.8, 4) is 0 Å². The zero-order valence-corrected chi connectivity index (χ0v) is 12.2. The van der Waals surface area contributed by atoms with Gasteiger partial charge in [-0.25, -0.2) is 0 Å². The molecule has 0 aromatic rings. The highest BCUT2D eigenvalue weighted by Crippen LogP contribution is 2.52. The third-order valence-electron chi connectivity index (χ3n) is 5.04. The van der Waals surface area contributed by atoms with Crippen LogP contribution in [0.1, 0.15) is 39.0 Å². The van der Waals surface area contributed by atoms with E-state index in [-0.39, 0.29) is 23.7 Å². The molecule has 110 valence electrons. The summed E-state index contributed by atoms with van der Waals surface area (Å²) in [6.45, 7) is 3.48. The Hall–Kier alpha value is -1.16. The second-order valence-electron chi connectivity index (χ2n) is 6.32. The summed E-state index contributed by atoms with van der Waals surface area (Å²) in [5.41, 5.74) is 0. The second kappa shape index (κ2) is 5.68. The van der Waals surface area contributed by atoms with Crippen LogP contribution in [0.4, 0.5) is 0 Å². The summed E-state index contributed by atoms with van der Waals surface area (Å²) < 4.78 is 0. The SMILES string of the molecule is CCCCCCNCN1C(=O)C2C3C=CC(C3)C2C1=O. The largest absolute Gasteiger partial charge is 0.299 e. The summed E-state index contributed by atoms with van der Waals surface area (Å²) >= 11 is 0. The summed E-state index contributed by atoms with van der Waals surface area (Å²) in [4.78, 5) is 26.2. The van der Waals surface area contributed by atoms with Crippen LogP contribution in [-0.4, -0.2) is 29.9 Å². The third-order valence-corrected chi connectivity index (χ3v) is 5.04. The van der Waals surface area contributed by atoms with Gasteiger partial charge in [-0.05, 0) is 31.2 Å². The van der Waals surface area contributed by atoms with Crippen LogP contribution in [0.3, 0.4) is 0 Å². The predicted molar refractivity (Wildman–Crippen MR) is 76.6 cm³/mol. The van der Waals surface area contributed by atoms with Crippen LogP contribution in [0.5, 0.6) is 0 Å². The summed E-state index contributed by atoms with van der Waals surface area (Å²) in [7, 11) is 0. The molecule has 0 radical (unpaired) electrons. The zero-order chi connectivity index (χ0) is 14.1. The maximum Gasteiger partial charge on any atom is 0.234 e. The van der Waals surface area contributed by atoms with E-state index in [0.717, 1.165) is 19.4 Å². The van der Waals surface area contributed by atoms with Crippen molar-refractivity contribution in [3.05, 3.63) is 12.2 Å². The fourth-order valence-corrected chi connectivity index (χ4v) is 3.99. The first-order valence-corrected chi connectivity index (χ1v) is 7.98. The molecule has 3 rings (SSSR count). The molecule has 0 aromatic carbocycles. The van der Waals surface area contributed by atoms with Gasteiger partial charge in [0.2, 0.25) is 11.8 Å². The van der Waals surface area contributed by atoms with Crippen molar-refractivity contribution < 1.29 is 9.59 Å². The molecule has 1 saturated carbocycles. The highest BCUT2D eigenvalue weighted by atomic mass is 16.2. The lowest BCUT2D eigenvalue weighted by Crippen LogP contribution is -2.40. The number of nitrogens with one attached hydrogen (secondary N) is 1. The van der Waals surface area contributed by atoms with E-state index in [1.165, 1.54) is 24.2 Å². The Kier molecular flexibility index (Phi) is 3.92. The van der Waals surface area contributed by atoms with E-state index in [0.29, 0.717) is 18.5 Å². The van der Waals surface area contributed by atoms with Gasteiger partial charge < -0.3 is 0 Å². The minimum Gasteiger partial charge on any atom is -0.299 e. The molecule has 0 aromatic heterocycles. The van der Waals surface area contributed by atoms with Crippen molar-refractivity contribution in [1.29, 1.82) is 0 Å². The maximum absolute atomic E-state index is 12.4. The molecule has 2 bridgehead atoms. The first kappa shape index (κ1) is 13.8. The fourth-order valence-electron chi connectivity index (χ4n) is 3.99. The van der Waals surface area contributed by atoms with Gasteiger partial charge in [-0.1, -0.05) is 38.3 Å².